The van der Waals surface area contributed by atoms with Gasteiger partial charge < -0.3 is 0 Å². The highest BCUT2D eigenvalue weighted by molar-refractivity contribution is 6.31. The topological polar surface area (TPSA) is 67.4 Å². The van der Waals surface area contributed by atoms with Gasteiger partial charge in [0.1, 0.15) is 11.6 Å². The summed E-state index contributed by atoms with van der Waals surface area (Å²) in [5.41, 5.74) is 0.683. The number of nitrogens with zero attached hydrogens (tertiary/aromatic N) is 5. The van der Waals surface area contributed by atoms with Crippen molar-refractivity contribution in [3.8, 4) is 11.9 Å². The van der Waals surface area contributed by atoms with Crippen molar-refractivity contribution in [1.29, 1.82) is 5.26 Å². The van der Waals surface area contributed by atoms with Crippen LogP contribution in [0.5, 0.6) is 0 Å². The van der Waals surface area contributed by atoms with E-state index in [2.05, 4.69) is 21.4 Å². The van der Waals surface area contributed by atoms with E-state index < -0.39 is 0 Å². The Balaban J connectivity index is 2.64. The molecule has 2 rings (SSSR count). The van der Waals surface area contributed by atoms with E-state index in [1.807, 2.05) is 20.8 Å². The molecule has 0 spiro atoms. The predicted octanol–water partition coefficient (Wildman–Crippen LogP) is 3.14. The molecule has 19 heavy (non-hydrogen) atoms. The third-order valence-corrected chi connectivity index (χ3v) is 3.04. The molecule has 0 amide bonds. The summed E-state index contributed by atoms with van der Waals surface area (Å²) in [6.45, 7) is 5.89. The molecule has 0 radical (unpaired) electrons. The zero-order valence-corrected chi connectivity index (χ0v) is 12.2. The summed E-state index contributed by atoms with van der Waals surface area (Å²) >= 11 is 11.9. The Kier molecular flexibility index (Phi) is 3.48. The SMILES string of the molecule is CC(C)(C)c1nn(-c2ccc(Cl)nn2)c(Cl)c1C#N. The van der Waals surface area contributed by atoms with Crippen molar-refractivity contribution in [2.24, 2.45) is 0 Å². The molecule has 98 valence electrons. The summed E-state index contributed by atoms with van der Waals surface area (Å²) in [6.07, 6.45) is 0. The Labute approximate surface area is 120 Å². The van der Waals surface area contributed by atoms with E-state index >= 15 is 0 Å². The van der Waals surface area contributed by atoms with E-state index in [-0.39, 0.29) is 15.7 Å². The molecule has 0 saturated heterocycles. The first-order valence-electron chi connectivity index (χ1n) is 5.53. The standard InChI is InChI=1S/C12H11Cl2N5/c1-12(2,3)10-7(6-15)11(14)19(18-10)9-5-4-8(13)16-17-9/h4-5H,1-3H3. The van der Waals surface area contributed by atoms with Gasteiger partial charge in [-0.05, 0) is 12.1 Å². The lowest BCUT2D eigenvalue weighted by Gasteiger charge is -2.14. The van der Waals surface area contributed by atoms with Crippen LogP contribution in [-0.4, -0.2) is 20.0 Å². The van der Waals surface area contributed by atoms with Crippen molar-refractivity contribution in [3.05, 3.63) is 33.7 Å². The van der Waals surface area contributed by atoms with Crippen molar-refractivity contribution in [2.75, 3.05) is 0 Å². The van der Waals surface area contributed by atoms with E-state index in [1.165, 1.54) is 4.68 Å². The molecule has 0 fully saturated rings. The lowest BCUT2D eigenvalue weighted by atomic mass is 9.90. The molecule has 0 bridgehead atoms. The molecule has 2 aromatic rings. The van der Waals surface area contributed by atoms with Crippen molar-refractivity contribution >= 4 is 23.2 Å². The second-order valence-corrected chi connectivity index (χ2v) is 5.75. The fraction of sp³-hybridized carbons (Fsp3) is 0.333. The van der Waals surface area contributed by atoms with Crippen molar-refractivity contribution < 1.29 is 0 Å². The summed E-state index contributed by atoms with van der Waals surface area (Å²) in [7, 11) is 0. The fourth-order valence-electron chi connectivity index (χ4n) is 1.60. The first kappa shape index (κ1) is 13.8. The van der Waals surface area contributed by atoms with Gasteiger partial charge in [-0.2, -0.15) is 10.4 Å². The van der Waals surface area contributed by atoms with Crippen LogP contribution in [0.2, 0.25) is 10.3 Å². The highest BCUT2D eigenvalue weighted by atomic mass is 35.5. The van der Waals surface area contributed by atoms with Crippen LogP contribution in [0.1, 0.15) is 32.0 Å². The van der Waals surface area contributed by atoms with E-state index in [0.29, 0.717) is 17.1 Å². The minimum Gasteiger partial charge on any atom is -0.200 e. The molecule has 0 aromatic carbocycles. The number of aromatic nitrogens is 4. The Morgan fingerprint density at radius 2 is 1.89 bits per heavy atom. The third-order valence-electron chi connectivity index (χ3n) is 2.49. The molecule has 0 atom stereocenters. The summed E-state index contributed by atoms with van der Waals surface area (Å²) in [4.78, 5) is 0. The van der Waals surface area contributed by atoms with Crippen LogP contribution in [0.15, 0.2) is 12.1 Å². The minimum atomic E-state index is -0.292. The maximum atomic E-state index is 9.22. The van der Waals surface area contributed by atoms with Gasteiger partial charge in [0.05, 0.1) is 5.69 Å². The third kappa shape index (κ3) is 2.55. The molecule has 0 saturated carbocycles. The lowest BCUT2D eigenvalue weighted by Crippen LogP contribution is -2.14. The van der Waals surface area contributed by atoms with Crippen molar-refractivity contribution in [3.63, 3.8) is 0 Å². The average molecular weight is 296 g/mol. The van der Waals surface area contributed by atoms with Gasteiger partial charge in [0.25, 0.3) is 0 Å². The van der Waals surface area contributed by atoms with E-state index in [0.717, 1.165) is 0 Å². The second-order valence-electron chi connectivity index (χ2n) is 5.00. The number of hydrogen-bond donors (Lipinski definition) is 0. The normalized spacial score (nSPS) is 11.4. The van der Waals surface area contributed by atoms with Crippen LogP contribution < -0.4 is 0 Å². The molecule has 0 N–H and O–H groups in total. The quantitative estimate of drug-likeness (QED) is 0.810. The lowest BCUT2D eigenvalue weighted by molar-refractivity contribution is 0.557. The smallest absolute Gasteiger partial charge is 0.177 e. The maximum absolute atomic E-state index is 9.22. The zero-order valence-electron chi connectivity index (χ0n) is 10.6. The Bertz CT molecular complexity index is 646. The van der Waals surface area contributed by atoms with Gasteiger partial charge in [0.15, 0.2) is 16.1 Å². The van der Waals surface area contributed by atoms with Crippen molar-refractivity contribution in [2.45, 2.75) is 26.2 Å². The van der Waals surface area contributed by atoms with Crippen LogP contribution in [0.25, 0.3) is 5.82 Å². The van der Waals surface area contributed by atoms with Crippen LogP contribution in [0.3, 0.4) is 0 Å². The predicted molar refractivity (Wildman–Crippen MR) is 72.6 cm³/mol. The number of nitriles is 1. The number of rotatable bonds is 1. The monoisotopic (exact) mass is 295 g/mol. The Morgan fingerprint density at radius 3 is 2.32 bits per heavy atom. The van der Waals surface area contributed by atoms with Gasteiger partial charge in [0, 0.05) is 5.41 Å². The molecule has 2 aromatic heterocycles. The molecular weight excluding hydrogens is 285 g/mol. The second kappa shape index (κ2) is 4.80. The summed E-state index contributed by atoms with van der Waals surface area (Å²) in [5, 5.41) is 21.7. The molecule has 0 aliphatic rings. The van der Waals surface area contributed by atoms with E-state index in [9.17, 15) is 5.26 Å². The summed E-state index contributed by atoms with van der Waals surface area (Å²) in [6, 6.07) is 5.31. The van der Waals surface area contributed by atoms with E-state index in [4.69, 9.17) is 23.2 Å². The van der Waals surface area contributed by atoms with Gasteiger partial charge in [-0.25, -0.2) is 4.68 Å². The van der Waals surface area contributed by atoms with Gasteiger partial charge in [-0.1, -0.05) is 44.0 Å². The summed E-state index contributed by atoms with van der Waals surface area (Å²) < 4.78 is 1.39. The van der Waals surface area contributed by atoms with E-state index in [1.54, 1.807) is 12.1 Å². The number of halogens is 2. The molecular formula is C12H11Cl2N5. The van der Waals surface area contributed by atoms with Gasteiger partial charge in [0.2, 0.25) is 0 Å². The molecule has 7 heteroatoms. The molecule has 5 nitrogen and oxygen atoms in total. The zero-order chi connectivity index (χ0) is 14.2. The van der Waals surface area contributed by atoms with Crippen LogP contribution in [0.4, 0.5) is 0 Å². The van der Waals surface area contributed by atoms with Gasteiger partial charge in [-0.15, -0.1) is 10.2 Å². The van der Waals surface area contributed by atoms with Crippen LogP contribution in [-0.2, 0) is 5.41 Å². The van der Waals surface area contributed by atoms with Gasteiger partial charge >= 0.3 is 0 Å². The average Bonchev–Trinajstić information content (AvgIpc) is 2.67. The highest BCUT2D eigenvalue weighted by Gasteiger charge is 2.27. The number of hydrogen-bond acceptors (Lipinski definition) is 4. The van der Waals surface area contributed by atoms with Gasteiger partial charge in [-0.3, -0.25) is 0 Å². The maximum Gasteiger partial charge on any atom is 0.177 e. The molecule has 2 heterocycles. The highest BCUT2D eigenvalue weighted by Crippen LogP contribution is 2.30. The minimum absolute atomic E-state index is 0.226. The molecule has 0 aliphatic heterocycles. The van der Waals surface area contributed by atoms with Crippen LogP contribution in [0, 0.1) is 11.3 Å². The molecule has 0 unspecified atom stereocenters. The van der Waals surface area contributed by atoms with Crippen LogP contribution >= 0.6 is 23.2 Å². The molecule has 0 aliphatic carbocycles. The summed E-state index contributed by atoms with van der Waals surface area (Å²) in [5.74, 6) is 0.418. The first-order chi connectivity index (χ1) is 8.84. The first-order valence-corrected chi connectivity index (χ1v) is 6.29. The fourth-order valence-corrected chi connectivity index (χ4v) is 1.95. The van der Waals surface area contributed by atoms with Crippen molar-refractivity contribution in [1.82, 2.24) is 20.0 Å². The largest absolute Gasteiger partial charge is 0.200 e. The Hall–Kier alpha value is -1.64. The Morgan fingerprint density at radius 1 is 1.21 bits per heavy atom.